The van der Waals surface area contributed by atoms with Crippen LogP contribution in [0.2, 0.25) is 0 Å². The lowest BCUT2D eigenvalue weighted by molar-refractivity contribution is -0.122. The largest absolute Gasteiger partial charge is 0.359 e. The van der Waals surface area contributed by atoms with Gasteiger partial charge in [-0.1, -0.05) is 12.1 Å². The van der Waals surface area contributed by atoms with Gasteiger partial charge in [-0.2, -0.15) is 0 Å². The smallest absolute Gasteiger partial charge is 0.240 e. The van der Waals surface area contributed by atoms with Crippen molar-refractivity contribution in [2.45, 2.75) is 53.1 Å². The first-order valence-electron chi connectivity index (χ1n) is 8.00. The third-order valence-electron chi connectivity index (χ3n) is 2.95. The highest BCUT2D eigenvalue weighted by Crippen LogP contribution is 2.06. The van der Waals surface area contributed by atoms with Gasteiger partial charge < -0.3 is 20.1 Å². The maximum atomic E-state index is 12.0. The Morgan fingerprint density at radius 2 is 2.04 bits per heavy atom. The Morgan fingerprint density at radius 3 is 2.54 bits per heavy atom. The molecule has 0 aromatic carbocycles. The Labute approximate surface area is 161 Å². The first kappa shape index (κ1) is 22.7. The number of likely N-dealkylation sites (N-methyl/N-ethyl adjacent to an activating group) is 1. The van der Waals surface area contributed by atoms with Crippen LogP contribution in [0.15, 0.2) is 15.6 Å². The lowest BCUT2D eigenvalue weighted by atomic mass is 10.1. The Balaban J connectivity index is 0.00000529. The van der Waals surface area contributed by atoms with Gasteiger partial charge in [-0.15, -0.1) is 24.0 Å². The average molecular weight is 451 g/mol. The van der Waals surface area contributed by atoms with Crippen molar-refractivity contribution in [3.63, 3.8) is 0 Å². The Kier molecular flexibility index (Phi) is 9.95. The number of nitrogens with zero attached hydrogens (tertiary/aromatic N) is 3. The van der Waals surface area contributed by atoms with Gasteiger partial charge in [0.1, 0.15) is 6.54 Å². The molecule has 0 spiro atoms. The Hall–Kier alpha value is -1.32. The van der Waals surface area contributed by atoms with Crippen LogP contribution in [0.1, 0.15) is 46.1 Å². The number of aliphatic imine (C=N–C) groups is 1. The zero-order chi connectivity index (χ0) is 17.5. The zero-order valence-corrected chi connectivity index (χ0v) is 17.8. The van der Waals surface area contributed by atoms with Gasteiger partial charge in [-0.25, -0.2) is 4.99 Å². The van der Waals surface area contributed by atoms with E-state index in [9.17, 15) is 4.79 Å². The fraction of sp³-hybridized carbons (Fsp3) is 0.688. The fourth-order valence-corrected chi connectivity index (χ4v) is 1.97. The third-order valence-corrected chi connectivity index (χ3v) is 2.95. The molecule has 7 nitrogen and oxygen atoms in total. The number of aryl methyl sites for hydroxylation is 1. The number of hydrogen-bond donors (Lipinski definition) is 2. The maximum Gasteiger partial charge on any atom is 0.240 e. The molecule has 0 saturated heterocycles. The van der Waals surface area contributed by atoms with Gasteiger partial charge in [0.25, 0.3) is 0 Å². The van der Waals surface area contributed by atoms with Crippen LogP contribution in [0.3, 0.4) is 0 Å². The molecule has 138 valence electrons. The van der Waals surface area contributed by atoms with Crippen molar-refractivity contribution in [1.82, 2.24) is 20.7 Å². The molecular weight excluding hydrogens is 421 g/mol. The predicted octanol–water partition coefficient (Wildman–Crippen LogP) is 2.17. The summed E-state index contributed by atoms with van der Waals surface area (Å²) in [7, 11) is 1.83. The molecule has 1 heterocycles. The van der Waals surface area contributed by atoms with E-state index in [0.29, 0.717) is 18.3 Å². The average Bonchev–Trinajstić information content (AvgIpc) is 2.89. The number of rotatable bonds is 6. The van der Waals surface area contributed by atoms with E-state index in [2.05, 4.69) is 20.8 Å². The van der Waals surface area contributed by atoms with E-state index in [1.807, 2.05) is 47.7 Å². The van der Waals surface area contributed by atoms with Crippen LogP contribution < -0.4 is 10.6 Å². The maximum absolute atomic E-state index is 12.0. The number of amides is 1. The number of aromatic nitrogens is 1. The van der Waals surface area contributed by atoms with Crippen LogP contribution in [-0.4, -0.2) is 47.6 Å². The van der Waals surface area contributed by atoms with Crippen LogP contribution in [0.25, 0.3) is 0 Å². The van der Waals surface area contributed by atoms with Crippen molar-refractivity contribution in [2.75, 3.05) is 20.1 Å². The molecular formula is C16H30IN5O2. The molecule has 0 atom stereocenters. The highest BCUT2D eigenvalue weighted by atomic mass is 127. The van der Waals surface area contributed by atoms with Crippen molar-refractivity contribution in [3.8, 4) is 0 Å². The number of guanidine groups is 1. The molecule has 1 aromatic rings. The first-order chi connectivity index (χ1) is 10.7. The van der Waals surface area contributed by atoms with Gasteiger partial charge in [-0.05, 0) is 34.1 Å². The number of nitrogens with one attached hydrogen (secondary N) is 2. The van der Waals surface area contributed by atoms with Gasteiger partial charge in [0.2, 0.25) is 5.91 Å². The molecule has 1 amide bonds. The molecule has 0 unspecified atom stereocenters. The summed E-state index contributed by atoms with van der Waals surface area (Å²) in [5.41, 5.74) is 0.669. The number of carbonyl (C=O) groups is 1. The van der Waals surface area contributed by atoms with Crippen molar-refractivity contribution < 1.29 is 9.32 Å². The summed E-state index contributed by atoms with van der Waals surface area (Å²) in [6.45, 7) is 11.2. The van der Waals surface area contributed by atoms with Crippen LogP contribution in [0.5, 0.6) is 0 Å². The summed E-state index contributed by atoms with van der Waals surface area (Å²) in [6, 6.07) is 1.90. The third kappa shape index (κ3) is 8.51. The standard InChI is InChI=1S/C16H29N5O2.HI/c1-7-12-9-13(23-20-12)10-18-15(17-8-2)21(6)11-14(22)19-16(3,4)5;/h9H,7-8,10-11H2,1-6H3,(H,17,18)(H,19,22);1H. The lowest BCUT2D eigenvalue weighted by Gasteiger charge is -2.25. The minimum absolute atomic E-state index is 0. The number of halogens is 1. The molecule has 8 heteroatoms. The predicted molar refractivity (Wildman–Crippen MR) is 107 cm³/mol. The molecule has 1 rings (SSSR count). The number of carbonyl (C=O) groups excluding carboxylic acids is 1. The molecule has 2 N–H and O–H groups in total. The monoisotopic (exact) mass is 451 g/mol. The normalized spacial score (nSPS) is 11.7. The highest BCUT2D eigenvalue weighted by molar-refractivity contribution is 14.0. The van der Waals surface area contributed by atoms with E-state index >= 15 is 0 Å². The second-order valence-electron chi connectivity index (χ2n) is 6.46. The Morgan fingerprint density at radius 1 is 1.38 bits per heavy atom. The van der Waals surface area contributed by atoms with Crippen molar-refractivity contribution in [2.24, 2.45) is 4.99 Å². The van der Waals surface area contributed by atoms with Crippen LogP contribution in [0, 0.1) is 0 Å². The summed E-state index contributed by atoms with van der Waals surface area (Å²) in [5, 5.41) is 10.1. The van der Waals surface area contributed by atoms with E-state index in [0.717, 1.165) is 18.7 Å². The topological polar surface area (TPSA) is 82.8 Å². The van der Waals surface area contributed by atoms with Crippen LogP contribution in [0.4, 0.5) is 0 Å². The second-order valence-corrected chi connectivity index (χ2v) is 6.46. The zero-order valence-electron chi connectivity index (χ0n) is 15.5. The second kappa shape index (κ2) is 10.5. The van der Waals surface area contributed by atoms with Gasteiger partial charge >= 0.3 is 0 Å². The summed E-state index contributed by atoms with van der Waals surface area (Å²) >= 11 is 0. The van der Waals surface area contributed by atoms with Crippen molar-refractivity contribution in [3.05, 3.63) is 17.5 Å². The first-order valence-corrected chi connectivity index (χ1v) is 8.00. The Bertz CT molecular complexity index is 537. The SMILES string of the molecule is CCNC(=NCc1cc(CC)no1)N(C)CC(=O)NC(C)(C)C.I. The molecule has 0 aliphatic rings. The van der Waals surface area contributed by atoms with Crippen LogP contribution >= 0.6 is 24.0 Å². The molecule has 0 aliphatic heterocycles. The molecule has 24 heavy (non-hydrogen) atoms. The van der Waals surface area contributed by atoms with E-state index in [4.69, 9.17) is 4.52 Å². The van der Waals surface area contributed by atoms with Crippen molar-refractivity contribution in [1.29, 1.82) is 0 Å². The molecule has 0 fully saturated rings. The van der Waals surface area contributed by atoms with Crippen LogP contribution in [-0.2, 0) is 17.8 Å². The van der Waals surface area contributed by atoms with Gasteiger partial charge in [0, 0.05) is 25.2 Å². The minimum atomic E-state index is -0.246. The molecule has 0 bridgehead atoms. The van der Waals surface area contributed by atoms with Gasteiger partial charge in [0.05, 0.1) is 12.2 Å². The molecule has 0 radical (unpaired) electrons. The van der Waals surface area contributed by atoms with Gasteiger partial charge in [0.15, 0.2) is 11.7 Å². The van der Waals surface area contributed by atoms with E-state index in [1.165, 1.54) is 0 Å². The lowest BCUT2D eigenvalue weighted by Crippen LogP contribution is -2.48. The molecule has 1 aromatic heterocycles. The van der Waals surface area contributed by atoms with E-state index in [-0.39, 0.29) is 42.0 Å². The van der Waals surface area contributed by atoms with Crippen molar-refractivity contribution >= 4 is 35.8 Å². The molecule has 0 saturated carbocycles. The van der Waals surface area contributed by atoms with Gasteiger partial charge in [-0.3, -0.25) is 4.79 Å². The fourth-order valence-electron chi connectivity index (χ4n) is 1.97. The summed E-state index contributed by atoms with van der Waals surface area (Å²) in [4.78, 5) is 18.3. The summed E-state index contributed by atoms with van der Waals surface area (Å²) in [5.74, 6) is 1.33. The molecule has 0 aliphatic carbocycles. The highest BCUT2D eigenvalue weighted by Gasteiger charge is 2.16. The summed E-state index contributed by atoms with van der Waals surface area (Å²) in [6.07, 6.45) is 0.833. The summed E-state index contributed by atoms with van der Waals surface area (Å²) < 4.78 is 5.23. The number of hydrogen-bond acceptors (Lipinski definition) is 4. The van der Waals surface area contributed by atoms with E-state index < -0.39 is 0 Å². The van der Waals surface area contributed by atoms with E-state index in [1.54, 1.807) is 4.90 Å². The minimum Gasteiger partial charge on any atom is -0.359 e. The quantitative estimate of drug-likeness (QED) is 0.394.